The molecule has 2 aliphatic carbocycles. The monoisotopic (exact) mass is 539 g/mol. The van der Waals surface area contributed by atoms with Crippen molar-refractivity contribution in [2.24, 2.45) is 16.7 Å². The van der Waals surface area contributed by atoms with Gasteiger partial charge in [0.2, 0.25) is 0 Å². The van der Waals surface area contributed by atoms with Gasteiger partial charge in [-0.1, -0.05) is 20.8 Å². The first-order valence-electron chi connectivity index (χ1n) is 5.74. The normalized spacial score (nSPS) is 27.1. The van der Waals surface area contributed by atoms with E-state index in [1.165, 1.54) is 6.42 Å². The quantitative estimate of drug-likeness (QED) is 0.399. The summed E-state index contributed by atoms with van der Waals surface area (Å²) in [6, 6.07) is 0. The summed E-state index contributed by atoms with van der Waals surface area (Å²) >= 11 is -3.64. The number of hydrogen-bond acceptors (Lipinski definition) is 1. The number of halogens is 7. The first-order chi connectivity index (χ1) is 8.45. The number of rotatable bonds is 0. The Morgan fingerprint density at radius 3 is 1.57 bits per heavy atom. The van der Waals surface area contributed by atoms with Crippen LogP contribution >= 0.6 is 58.1 Å². The molecule has 0 N–H and O–H groups in total. The molecule has 119 valence electrons. The summed E-state index contributed by atoms with van der Waals surface area (Å²) in [5.74, 6) is 1.19. The van der Waals surface area contributed by atoms with Crippen LogP contribution in [0.3, 0.4) is 0 Å². The van der Waals surface area contributed by atoms with Gasteiger partial charge in [-0.15, -0.1) is 0 Å². The Morgan fingerprint density at radius 2 is 1.48 bits per heavy atom. The molecule has 0 amide bonds. The number of hydrogen-bond donors (Lipinski definition) is 0. The minimum absolute atomic E-state index is 0. The maximum atomic E-state index is 11.6. The van der Waals surface area contributed by atoms with Crippen LogP contribution in [0, 0.1) is 16.7 Å². The Bertz CT molecular complexity index is 314. The van der Waals surface area contributed by atoms with E-state index in [0.29, 0.717) is 11.7 Å². The van der Waals surface area contributed by atoms with Gasteiger partial charge in [0.15, 0.2) is 0 Å². The van der Waals surface area contributed by atoms with E-state index in [1.54, 1.807) is 0 Å². The molecule has 11 heteroatoms. The number of Topliss-reactive ketones (excluding diaryl/α,β-unsaturated/α-hetero) is 1. The van der Waals surface area contributed by atoms with Crippen molar-refractivity contribution in [1.29, 1.82) is 0 Å². The van der Waals surface area contributed by atoms with Crippen LogP contribution in [-0.4, -0.2) is 17.2 Å². The van der Waals surface area contributed by atoms with Crippen LogP contribution in [0.15, 0.2) is 0 Å². The second kappa shape index (κ2) is 13.3. The summed E-state index contributed by atoms with van der Waals surface area (Å²) in [5, 5.41) is 0. The van der Waals surface area contributed by atoms with Crippen molar-refractivity contribution in [3.63, 3.8) is 0 Å². The van der Waals surface area contributed by atoms with Crippen molar-refractivity contribution in [3.05, 3.63) is 0 Å². The van der Waals surface area contributed by atoms with E-state index in [1.807, 2.05) is 0 Å². The molecule has 0 aliphatic heterocycles. The summed E-state index contributed by atoms with van der Waals surface area (Å²) in [6.07, 6.45) is 3.25. The van der Waals surface area contributed by atoms with Gasteiger partial charge < -0.3 is 17.0 Å². The number of carbonyl (C=O) groups excluding carboxylic acids is 1. The standard InChI is InChI=1S/C10H16O.Al.BrH.6ClH.Na.Ti/c1-9(2)7-4-5-10(9,3)8(11)6-7;;;;;;;;;;/h7H,4-6H2,1-3H3;;7*1H;;/q;+3;;;;;;;;+1;+3/p-7. The Morgan fingerprint density at radius 1 is 1.14 bits per heavy atom. The van der Waals surface area contributed by atoms with Crippen molar-refractivity contribution in [2.75, 3.05) is 0 Å². The van der Waals surface area contributed by atoms with Gasteiger partial charge in [-0.05, 0) is 24.2 Å². The van der Waals surface area contributed by atoms with Crippen LogP contribution < -0.4 is 46.5 Å². The third kappa shape index (κ3) is 9.58. The summed E-state index contributed by atoms with van der Waals surface area (Å²) < 4.78 is 0. The molecule has 2 bridgehead atoms. The third-order valence-electron chi connectivity index (χ3n) is 4.48. The Balaban J connectivity index is -0.000000280. The van der Waals surface area contributed by atoms with E-state index in [-0.39, 0.29) is 57.4 Å². The predicted molar refractivity (Wildman–Crippen MR) is 85.1 cm³/mol. The van der Waals surface area contributed by atoms with Gasteiger partial charge in [0.05, 0.1) is 0 Å². The third-order valence-corrected chi connectivity index (χ3v) is 4.48. The second-order valence-corrected chi connectivity index (χ2v) is 19.5. The molecular formula is C10H16AlBrCl6NaOTi. The van der Waals surface area contributed by atoms with E-state index < -0.39 is 26.1 Å². The number of fused-ring (bicyclic) bond motifs is 2. The molecule has 0 aromatic rings. The Kier molecular flexibility index (Phi) is 19.0. The maximum Gasteiger partial charge on any atom is 1.00 e. The zero-order chi connectivity index (χ0) is 15.4. The average Bonchev–Trinajstić information content (AvgIpc) is 2.48. The van der Waals surface area contributed by atoms with Crippen molar-refractivity contribution >= 4 is 75.2 Å². The van der Waals surface area contributed by atoms with E-state index >= 15 is 0 Å². The van der Waals surface area contributed by atoms with Gasteiger partial charge in [-0.2, -0.15) is 0 Å². The molecule has 0 saturated heterocycles. The van der Waals surface area contributed by atoms with Crippen molar-refractivity contribution in [1.82, 2.24) is 0 Å². The van der Waals surface area contributed by atoms with Crippen LogP contribution in [0.25, 0.3) is 0 Å². The number of ketones is 1. The van der Waals surface area contributed by atoms with Gasteiger partial charge >= 0.3 is 83.5 Å². The fraction of sp³-hybridized carbons (Fsp3) is 0.900. The second-order valence-electron chi connectivity index (χ2n) is 5.38. The van der Waals surface area contributed by atoms with Crippen molar-refractivity contribution < 1.29 is 66.0 Å². The molecule has 0 radical (unpaired) electrons. The maximum absolute atomic E-state index is 11.6. The molecule has 2 saturated carbocycles. The molecule has 2 fully saturated rings. The Labute approximate surface area is 195 Å². The minimum atomic E-state index is -1.92. The fourth-order valence-corrected chi connectivity index (χ4v) is 2.90. The van der Waals surface area contributed by atoms with Crippen molar-refractivity contribution in [2.45, 2.75) is 40.0 Å². The molecule has 21 heavy (non-hydrogen) atoms. The molecule has 2 unspecified atom stereocenters. The van der Waals surface area contributed by atoms with E-state index in [0.717, 1.165) is 12.8 Å². The van der Waals surface area contributed by atoms with E-state index in [2.05, 4.69) is 20.8 Å². The molecule has 2 aliphatic rings. The summed E-state index contributed by atoms with van der Waals surface area (Å²) in [4.78, 5) is 11.6. The predicted octanol–water partition coefficient (Wildman–Crippen LogP) is 0.163. The Hall–Kier alpha value is 4.14. The molecule has 0 spiro atoms. The first kappa shape index (κ1) is 29.9. The van der Waals surface area contributed by atoms with Crippen molar-refractivity contribution in [3.8, 4) is 0 Å². The molecule has 2 rings (SSSR count). The molecule has 2 atom stereocenters. The van der Waals surface area contributed by atoms with Crippen LogP contribution in [0.5, 0.6) is 0 Å². The van der Waals surface area contributed by atoms with Gasteiger partial charge in [0.25, 0.3) is 0 Å². The first-order valence-corrected chi connectivity index (χ1v) is 17.4. The number of carbonyl (C=O) groups is 1. The zero-order valence-electron chi connectivity index (χ0n) is 12.3. The largest absolute Gasteiger partial charge is 1.00 e. The van der Waals surface area contributed by atoms with Gasteiger partial charge in [0.1, 0.15) is 5.78 Å². The molecule has 0 heterocycles. The summed E-state index contributed by atoms with van der Waals surface area (Å²) in [6.45, 7) is 6.67. The summed E-state index contributed by atoms with van der Waals surface area (Å²) in [5.41, 5.74) is 0.307. The SMILES string of the molecule is CC12CCC(CC1=O)C2(C)C.[Br-].[Cl][Al]([Cl])[Cl].[Cl][Ti]([Cl])[Cl].[Na+]. The van der Waals surface area contributed by atoms with E-state index in [4.69, 9.17) is 58.1 Å². The van der Waals surface area contributed by atoms with Crippen LogP contribution in [0.4, 0.5) is 0 Å². The van der Waals surface area contributed by atoms with Gasteiger partial charge in [0, 0.05) is 11.8 Å². The molecule has 1 nitrogen and oxygen atoms in total. The van der Waals surface area contributed by atoms with Crippen LogP contribution in [-0.2, 0) is 19.5 Å². The van der Waals surface area contributed by atoms with Gasteiger partial charge in [-0.3, -0.25) is 4.79 Å². The van der Waals surface area contributed by atoms with E-state index in [9.17, 15) is 4.79 Å². The van der Waals surface area contributed by atoms with Gasteiger partial charge in [-0.25, -0.2) is 30.1 Å². The van der Waals surface area contributed by atoms with Crippen LogP contribution in [0.1, 0.15) is 40.0 Å². The average molecular weight is 543 g/mol. The van der Waals surface area contributed by atoms with Crippen LogP contribution in [0.2, 0.25) is 0 Å². The summed E-state index contributed by atoms with van der Waals surface area (Å²) in [7, 11) is 29.7. The molecular weight excluding hydrogens is 527 g/mol. The fourth-order valence-electron chi connectivity index (χ4n) is 2.90. The molecule has 0 aromatic carbocycles. The minimum Gasteiger partial charge on any atom is 1.00 e. The zero-order valence-corrected chi connectivity index (χ0v) is 23.2. The smallest absolute Gasteiger partial charge is 1.00 e. The topological polar surface area (TPSA) is 17.1 Å². The molecule has 0 aromatic heterocycles.